The zero-order valence-electron chi connectivity index (χ0n) is 13.0. The summed E-state index contributed by atoms with van der Waals surface area (Å²) >= 11 is 0. The summed E-state index contributed by atoms with van der Waals surface area (Å²) in [5.74, 6) is -1.95. The third-order valence-electron chi connectivity index (χ3n) is 3.65. The van der Waals surface area contributed by atoms with Crippen LogP contribution in [0.1, 0.15) is 26.3 Å². The lowest BCUT2D eigenvalue weighted by Crippen LogP contribution is -2.29. The van der Waals surface area contributed by atoms with Crippen LogP contribution in [0.4, 0.5) is 5.69 Å². The maximum atomic E-state index is 12.2. The molecule has 0 atom stereocenters. The van der Waals surface area contributed by atoms with E-state index in [4.69, 9.17) is 9.57 Å². The summed E-state index contributed by atoms with van der Waals surface area (Å²) in [6.07, 6.45) is 0. The van der Waals surface area contributed by atoms with Crippen LogP contribution in [-0.2, 0) is 11.4 Å². The van der Waals surface area contributed by atoms with Gasteiger partial charge in [0, 0.05) is 6.07 Å². The number of imide groups is 1. The quantitative estimate of drug-likeness (QED) is 0.500. The molecule has 0 spiro atoms. The molecule has 9 nitrogen and oxygen atoms in total. The summed E-state index contributed by atoms with van der Waals surface area (Å²) in [5.41, 5.74) is 0.127. The number of carbonyl (C=O) groups excluding carboxylic acids is 2. The van der Waals surface area contributed by atoms with Gasteiger partial charge in [0.25, 0.3) is 11.8 Å². The maximum Gasteiger partial charge on any atom is 0.315 e. The van der Waals surface area contributed by atoms with Crippen molar-refractivity contribution >= 4 is 17.5 Å². The highest BCUT2D eigenvalue weighted by atomic mass is 16.7. The molecule has 1 heterocycles. The van der Waals surface area contributed by atoms with Crippen molar-refractivity contribution in [2.24, 2.45) is 0 Å². The van der Waals surface area contributed by atoms with Crippen LogP contribution in [0.5, 0.6) is 11.5 Å². The Balaban J connectivity index is 1.83. The van der Waals surface area contributed by atoms with Crippen molar-refractivity contribution in [3.05, 3.63) is 63.2 Å². The first-order chi connectivity index (χ1) is 11.9. The van der Waals surface area contributed by atoms with Gasteiger partial charge < -0.3 is 9.84 Å². The number of phenolic OH excluding ortho intramolecular Hbond substituents is 1. The summed E-state index contributed by atoms with van der Waals surface area (Å²) in [5, 5.41) is 21.3. The van der Waals surface area contributed by atoms with Crippen LogP contribution in [-0.4, -0.2) is 34.0 Å². The van der Waals surface area contributed by atoms with E-state index in [1.807, 2.05) is 0 Å². The zero-order valence-corrected chi connectivity index (χ0v) is 13.0. The first-order valence-electron chi connectivity index (χ1n) is 7.09. The Hall–Kier alpha value is -3.46. The number of benzene rings is 2. The fourth-order valence-corrected chi connectivity index (χ4v) is 2.45. The Labute approximate surface area is 141 Å². The van der Waals surface area contributed by atoms with Gasteiger partial charge in [0.2, 0.25) is 5.75 Å². The summed E-state index contributed by atoms with van der Waals surface area (Å²) in [7, 11) is 1.24. The Morgan fingerprint density at radius 1 is 1.16 bits per heavy atom. The number of nitro groups is 1. The first kappa shape index (κ1) is 16.4. The number of phenols is 1. The molecule has 0 saturated heterocycles. The molecule has 1 N–H and O–H groups in total. The number of carbonyl (C=O) groups is 2. The number of fused-ring (bicyclic) bond motifs is 1. The molecule has 0 aromatic heterocycles. The number of ether oxygens (including phenoxy) is 1. The van der Waals surface area contributed by atoms with Crippen LogP contribution in [0, 0.1) is 10.1 Å². The van der Waals surface area contributed by atoms with Gasteiger partial charge in [-0.15, -0.1) is 5.06 Å². The normalized spacial score (nSPS) is 13.1. The van der Waals surface area contributed by atoms with Gasteiger partial charge in [0.1, 0.15) is 6.61 Å². The van der Waals surface area contributed by atoms with Crippen LogP contribution in [0.3, 0.4) is 0 Å². The van der Waals surface area contributed by atoms with Crippen molar-refractivity contribution < 1.29 is 29.2 Å². The zero-order chi connectivity index (χ0) is 18.1. The molecular formula is C16H12N2O7. The van der Waals surface area contributed by atoms with Gasteiger partial charge >= 0.3 is 5.69 Å². The van der Waals surface area contributed by atoms with E-state index in [-0.39, 0.29) is 29.0 Å². The molecule has 3 rings (SSSR count). The Morgan fingerprint density at radius 3 is 2.28 bits per heavy atom. The smallest absolute Gasteiger partial charge is 0.315 e. The molecule has 9 heteroatoms. The Bertz CT molecular complexity index is 859. The highest BCUT2D eigenvalue weighted by Crippen LogP contribution is 2.37. The second-order valence-electron chi connectivity index (χ2n) is 5.15. The largest absolute Gasteiger partial charge is 0.500 e. The van der Waals surface area contributed by atoms with Gasteiger partial charge in [-0.2, -0.15) is 0 Å². The summed E-state index contributed by atoms with van der Waals surface area (Å²) < 4.78 is 4.88. The lowest BCUT2D eigenvalue weighted by Gasteiger charge is -2.14. The number of nitrogens with zero attached hydrogens (tertiary/aromatic N) is 2. The minimum absolute atomic E-state index is 0.116. The van der Waals surface area contributed by atoms with E-state index in [1.165, 1.54) is 25.3 Å². The van der Waals surface area contributed by atoms with E-state index < -0.39 is 28.2 Å². The van der Waals surface area contributed by atoms with E-state index in [9.17, 15) is 24.8 Å². The summed E-state index contributed by atoms with van der Waals surface area (Å²) in [4.78, 5) is 39.8. The lowest BCUT2D eigenvalue weighted by atomic mass is 10.1. The molecular weight excluding hydrogens is 332 g/mol. The molecule has 1 aliphatic rings. The van der Waals surface area contributed by atoms with Gasteiger partial charge in [-0.3, -0.25) is 24.5 Å². The second-order valence-corrected chi connectivity index (χ2v) is 5.15. The first-order valence-corrected chi connectivity index (χ1v) is 7.09. The van der Waals surface area contributed by atoms with Crippen LogP contribution < -0.4 is 4.74 Å². The van der Waals surface area contributed by atoms with Gasteiger partial charge in [0.05, 0.1) is 23.2 Å². The SMILES string of the molecule is COc1cc(CON2C(=O)c3ccccc3C2=O)cc([N+](=O)[O-])c1O. The van der Waals surface area contributed by atoms with Gasteiger partial charge in [-0.05, 0) is 23.8 Å². The fraction of sp³-hybridized carbons (Fsp3) is 0.125. The van der Waals surface area contributed by atoms with Crippen LogP contribution in [0.2, 0.25) is 0 Å². The third kappa shape index (κ3) is 2.76. The van der Waals surface area contributed by atoms with Crippen molar-refractivity contribution in [1.82, 2.24) is 5.06 Å². The summed E-state index contributed by atoms with van der Waals surface area (Å²) in [6.45, 7) is -0.303. The number of methoxy groups -OCH3 is 1. The molecule has 0 bridgehead atoms. The van der Waals surface area contributed by atoms with Crippen LogP contribution in [0.15, 0.2) is 36.4 Å². The molecule has 128 valence electrons. The van der Waals surface area contributed by atoms with E-state index in [0.717, 1.165) is 6.07 Å². The molecule has 0 unspecified atom stereocenters. The topological polar surface area (TPSA) is 119 Å². The molecule has 25 heavy (non-hydrogen) atoms. The number of aromatic hydroxyl groups is 1. The minimum Gasteiger partial charge on any atom is -0.500 e. The number of hydrogen-bond donors (Lipinski definition) is 1. The number of nitro benzene ring substituents is 1. The van der Waals surface area contributed by atoms with Gasteiger partial charge in [-0.1, -0.05) is 12.1 Å². The molecule has 2 amide bonds. The van der Waals surface area contributed by atoms with E-state index in [0.29, 0.717) is 5.06 Å². The number of amides is 2. The number of hydroxylamine groups is 2. The number of rotatable bonds is 5. The molecule has 1 aliphatic heterocycles. The van der Waals surface area contributed by atoms with Gasteiger partial charge in [-0.25, -0.2) is 0 Å². The van der Waals surface area contributed by atoms with E-state index in [2.05, 4.69) is 0 Å². The average Bonchev–Trinajstić information content (AvgIpc) is 2.85. The van der Waals surface area contributed by atoms with Crippen LogP contribution >= 0.6 is 0 Å². The fourth-order valence-electron chi connectivity index (χ4n) is 2.45. The lowest BCUT2D eigenvalue weighted by molar-refractivity contribution is -0.386. The van der Waals surface area contributed by atoms with Crippen molar-refractivity contribution in [3.63, 3.8) is 0 Å². The monoisotopic (exact) mass is 344 g/mol. The Morgan fingerprint density at radius 2 is 1.76 bits per heavy atom. The molecule has 0 radical (unpaired) electrons. The molecule has 2 aromatic rings. The van der Waals surface area contributed by atoms with Crippen molar-refractivity contribution in [3.8, 4) is 11.5 Å². The standard InChI is InChI=1S/C16H12N2O7/c1-24-13-7-9(6-12(14(13)19)18(22)23)8-25-17-15(20)10-4-2-3-5-11(10)16(17)21/h2-7,19H,8H2,1H3. The highest BCUT2D eigenvalue weighted by molar-refractivity contribution is 6.20. The number of hydrogen-bond acceptors (Lipinski definition) is 7. The molecule has 0 saturated carbocycles. The maximum absolute atomic E-state index is 12.2. The molecule has 2 aromatic carbocycles. The third-order valence-corrected chi connectivity index (χ3v) is 3.65. The minimum atomic E-state index is -0.774. The van der Waals surface area contributed by atoms with E-state index in [1.54, 1.807) is 12.1 Å². The highest BCUT2D eigenvalue weighted by Gasteiger charge is 2.36. The van der Waals surface area contributed by atoms with Gasteiger partial charge in [0.15, 0.2) is 5.75 Å². The van der Waals surface area contributed by atoms with Crippen molar-refractivity contribution in [2.45, 2.75) is 6.61 Å². The predicted molar refractivity (Wildman–Crippen MR) is 83.0 cm³/mol. The average molecular weight is 344 g/mol. The van der Waals surface area contributed by atoms with E-state index >= 15 is 0 Å². The van der Waals surface area contributed by atoms with Crippen LogP contribution in [0.25, 0.3) is 0 Å². The van der Waals surface area contributed by atoms with Crippen molar-refractivity contribution in [1.29, 1.82) is 0 Å². The molecule has 0 aliphatic carbocycles. The Kier molecular flexibility index (Phi) is 4.07. The second kappa shape index (κ2) is 6.21. The molecule has 0 fully saturated rings. The predicted octanol–water partition coefficient (Wildman–Crippen LogP) is 2.04. The van der Waals surface area contributed by atoms with Crippen molar-refractivity contribution in [2.75, 3.05) is 7.11 Å². The summed E-state index contributed by atoms with van der Waals surface area (Å²) in [6, 6.07) is 8.67.